The van der Waals surface area contributed by atoms with Crippen molar-refractivity contribution in [3.05, 3.63) is 30.5 Å². The molecule has 0 saturated carbocycles. The van der Waals surface area contributed by atoms with Crippen molar-refractivity contribution in [2.24, 2.45) is 0 Å². The van der Waals surface area contributed by atoms with Crippen LogP contribution < -0.4 is 5.32 Å². The number of hydrogen-bond donors (Lipinski definition) is 1. The predicted molar refractivity (Wildman–Crippen MR) is 59.9 cm³/mol. The van der Waals surface area contributed by atoms with Gasteiger partial charge in [-0.2, -0.15) is 5.26 Å². The third kappa shape index (κ3) is 2.98. The standard InChI is InChI=1S/C10H11N7/c11-8-9-10(14-4-3-12-9)13-2-1-6-17-7-5-15-16-17/h3-5,7H,1-2,6H2,(H,13,14). The maximum absolute atomic E-state index is 8.81. The molecule has 2 heterocycles. The molecule has 17 heavy (non-hydrogen) atoms. The molecular formula is C10H11N7. The summed E-state index contributed by atoms with van der Waals surface area (Å²) in [7, 11) is 0. The van der Waals surface area contributed by atoms with Gasteiger partial charge in [-0.15, -0.1) is 5.10 Å². The van der Waals surface area contributed by atoms with Crippen molar-refractivity contribution >= 4 is 5.82 Å². The van der Waals surface area contributed by atoms with Crippen molar-refractivity contribution in [2.75, 3.05) is 11.9 Å². The normalized spacial score (nSPS) is 9.82. The van der Waals surface area contributed by atoms with Crippen LogP contribution in [0.4, 0.5) is 5.82 Å². The topological polar surface area (TPSA) is 92.3 Å². The van der Waals surface area contributed by atoms with Crippen molar-refractivity contribution < 1.29 is 0 Å². The predicted octanol–water partition coefficient (Wildman–Crippen LogP) is 0.442. The Labute approximate surface area is 98.1 Å². The van der Waals surface area contributed by atoms with Crippen molar-refractivity contribution in [1.82, 2.24) is 25.0 Å². The summed E-state index contributed by atoms with van der Waals surface area (Å²) >= 11 is 0. The molecule has 1 N–H and O–H groups in total. The first-order valence-electron chi connectivity index (χ1n) is 5.19. The highest BCUT2D eigenvalue weighted by Crippen LogP contribution is 2.05. The molecule has 0 aliphatic heterocycles. The van der Waals surface area contributed by atoms with Crippen LogP contribution in [0.5, 0.6) is 0 Å². The molecule has 0 atom stereocenters. The summed E-state index contributed by atoms with van der Waals surface area (Å²) in [6, 6.07) is 1.99. The summed E-state index contributed by atoms with van der Waals surface area (Å²) in [5, 5.41) is 19.4. The van der Waals surface area contributed by atoms with Gasteiger partial charge in [0.25, 0.3) is 0 Å². The van der Waals surface area contributed by atoms with E-state index in [0.717, 1.165) is 13.0 Å². The molecule has 0 aromatic carbocycles. The highest BCUT2D eigenvalue weighted by molar-refractivity contribution is 5.46. The van der Waals surface area contributed by atoms with E-state index in [1.165, 1.54) is 6.20 Å². The monoisotopic (exact) mass is 229 g/mol. The minimum absolute atomic E-state index is 0.313. The Bertz CT molecular complexity index is 500. The molecule has 0 bridgehead atoms. The van der Waals surface area contributed by atoms with E-state index in [0.29, 0.717) is 18.1 Å². The van der Waals surface area contributed by atoms with Gasteiger partial charge >= 0.3 is 0 Å². The minimum atomic E-state index is 0.313. The van der Waals surface area contributed by atoms with E-state index in [2.05, 4.69) is 25.6 Å². The van der Waals surface area contributed by atoms with Gasteiger partial charge in [0, 0.05) is 31.7 Å². The average molecular weight is 229 g/mol. The first-order chi connectivity index (χ1) is 8.40. The second-order valence-electron chi connectivity index (χ2n) is 3.31. The lowest BCUT2D eigenvalue weighted by Crippen LogP contribution is -2.09. The van der Waals surface area contributed by atoms with E-state index in [4.69, 9.17) is 5.26 Å². The van der Waals surface area contributed by atoms with Crippen molar-refractivity contribution in [1.29, 1.82) is 5.26 Å². The van der Waals surface area contributed by atoms with Gasteiger partial charge in [0.1, 0.15) is 6.07 Å². The van der Waals surface area contributed by atoms with Crippen LogP contribution in [-0.2, 0) is 6.54 Å². The molecule has 0 fully saturated rings. The molecule has 7 heteroatoms. The van der Waals surface area contributed by atoms with Gasteiger partial charge in [0.15, 0.2) is 11.5 Å². The van der Waals surface area contributed by atoms with Crippen LogP contribution >= 0.6 is 0 Å². The number of rotatable bonds is 5. The zero-order valence-corrected chi connectivity index (χ0v) is 9.11. The molecule has 2 rings (SSSR count). The molecule has 0 aliphatic carbocycles. The lowest BCUT2D eigenvalue weighted by molar-refractivity contribution is 0.569. The van der Waals surface area contributed by atoms with E-state index in [1.807, 2.05) is 12.3 Å². The number of aromatic nitrogens is 5. The Balaban J connectivity index is 1.80. The van der Waals surface area contributed by atoms with Crippen molar-refractivity contribution in [3.8, 4) is 6.07 Å². The maximum atomic E-state index is 8.81. The third-order valence-electron chi connectivity index (χ3n) is 2.13. The summed E-state index contributed by atoms with van der Waals surface area (Å²) in [4.78, 5) is 7.97. The van der Waals surface area contributed by atoms with Gasteiger partial charge in [-0.1, -0.05) is 5.21 Å². The van der Waals surface area contributed by atoms with Crippen molar-refractivity contribution in [3.63, 3.8) is 0 Å². The third-order valence-corrected chi connectivity index (χ3v) is 2.13. The molecule has 0 saturated heterocycles. The summed E-state index contributed by atoms with van der Waals surface area (Å²) in [5.74, 6) is 0.522. The zero-order chi connectivity index (χ0) is 11.9. The van der Waals surface area contributed by atoms with Gasteiger partial charge in [-0.05, 0) is 6.42 Å². The molecule has 0 radical (unpaired) electrons. The number of nitriles is 1. The molecular weight excluding hydrogens is 218 g/mol. The summed E-state index contributed by atoms with van der Waals surface area (Å²) in [6.07, 6.45) is 7.37. The van der Waals surface area contributed by atoms with Crippen LogP contribution in [-0.4, -0.2) is 31.5 Å². The van der Waals surface area contributed by atoms with Crippen LogP contribution in [0, 0.1) is 11.3 Å². The van der Waals surface area contributed by atoms with Crippen LogP contribution in [0.15, 0.2) is 24.8 Å². The Morgan fingerprint density at radius 2 is 2.18 bits per heavy atom. The Morgan fingerprint density at radius 1 is 1.29 bits per heavy atom. The largest absolute Gasteiger partial charge is 0.368 e. The van der Waals surface area contributed by atoms with E-state index >= 15 is 0 Å². The fourth-order valence-corrected chi connectivity index (χ4v) is 1.35. The zero-order valence-electron chi connectivity index (χ0n) is 9.11. The summed E-state index contributed by atoms with van der Waals surface area (Å²) < 4.78 is 1.75. The number of nitrogens with one attached hydrogen (secondary N) is 1. The maximum Gasteiger partial charge on any atom is 0.182 e. The second-order valence-corrected chi connectivity index (χ2v) is 3.31. The molecule has 2 aromatic heterocycles. The molecule has 0 unspecified atom stereocenters. The molecule has 0 spiro atoms. The highest BCUT2D eigenvalue weighted by Gasteiger charge is 2.02. The average Bonchev–Trinajstić information content (AvgIpc) is 2.88. The highest BCUT2D eigenvalue weighted by atomic mass is 15.4. The number of aryl methyl sites for hydroxylation is 1. The van der Waals surface area contributed by atoms with Gasteiger partial charge in [-0.3, -0.25) is 4.68 Å². The van der Waals surface area contributed by atoms with Gasteiger partial charge in [-0.25, -0.2) is 9.97 Å². The van der Waals surface area contributed by atoms with E-state index < -0.39 is 0 Å². The van der Waals surface area contributed by atoms with Crippen molar-refractivity contribution in [2.45, 2.75) is 13.0 Å². The lowest BCUT2D eigenvalue weighted by Gasteiger charge is -2.05. The van der Waals surface area contributed by atoms with Crippen LogP contribution in [0.25, 0.3) is 0 Å². The number of hydrogen-bond acceptors (Lipinski definition) is 6. The smallest absolute Gasteiger partial charge is 0.182 e. The Morgan fingerprint density at radius 3 is 2.94 bits per heavy atom. The fraction of sp³-hybridized carbons (Fsp3) is 0.300. The quantitative estimate of drug-likeness (QED) is 0.748. The van der Waals surface area contributed by atoms with Gasteiger partial charge < -0.3 is 5.32 Å². The Kier molecular flexibility index (Phi) is 3.60. The number of nitrogens with zero attached hydrogens (tertiary/aromatic N) is 6. The number of anilines is 1. The van der Waals surface area contributed by atoms with Crippen LogP contribution in [0.1, 0.15) is 12.1 Å². The molecule has 7 nitrogen and oxygen atoms in total. The molecule has 0 amide bonds. The van der Waals surface area contributed by atoms with E-state index in [-0.39, 0.29) is 0 Å². The van der Waals surface area contributed by atoms with Crippen LogP contribution in [0.3, 0.4) is 0 Å². The Hall–Kier alpha value is -2.49. The van der Waals surface area contributed by atoms with E-state index in [1.54, 1.807) is 17.1 Å². The molecule has 86 valence electrons. The van der Waals surface area contributed by atoms with E-state index in [9.17, 15) is 0 Å². The second kappa shape index (κ2) is 5.55. The molecule has 2 aromatic rings. The first kappa shape index (κ1) is 11.0. The van der Waals surface area contributed by atoms with Gasteiger partial charge in [0.2, 0.25) is 0 Å². The van der Waals surface area contributed by atoms with Gasteiger partial charge in [0.05, 0.1) is 6.20 Å². The fourth-order valence-electron chi connectivity index (χ4n) is 1.35. The lowest BCUT2D eigenvalue weighted by atomic mass is 10.4. The van der Waals surface area contributed by atoms with Crippen LogP contribution in [0.2, 0.25) is 0 Å². The summed E-state index contributed by atoms with van der Waals surface area (Å²) in [5.41, 5.74) is 0.313. The SMILES string of the molecule is N#Cc1nccnc1NCCCn1ccnn1. The first-order valence-corrected chi connectivity index (χ1v) is 5.19. The minimum Gasteiger partial charge on any atom is -0.368 e. The summed E-state index contributed by atoms with van der Waals surface area (Å²) in [6.45, 7) is 1.47. The molecule has 0 aliphatic rings.